The Morgan fingerprint density at radius 3 is 0.824 bits per heavy atom. The summed E-state index contributed by atoms with van der Waals surface area (Å²) in [5.74, 6) is 1.75. The molecule has 35 heteroatoms. The van der Waals surface area contributed by atoms with Crippen molar-refractivity contribution < 1.29 is 88.8 Å². The fourth-order valence-corrected chi connectivity index (χ4v) is 18.7. The van der Waals surface area contributed by atoms with Gasteiger partial charge in [-0.2, -0.15) is 0 Å². The number of alkyl halides is 1. The number of benzene rings is 8. The fraction of sp³-hybridized carbons (Fsp3) is 0.299. The van der Waals surface area contributed by atoms with Gasteiger partial charge in [0, 0.05) is 73.2 Å². The van der Waals surface area contributed by atoms with Gasteiger partial charge in [-0.05, 0) is 321 Å². The van der Waals surface area contributed by atoms with E-state index in [1.165, 1.54) is 91.9 Å². The number of aromatic nitrogens is 8. The predicted octanol–water partition coefficient (Wildman–Crippen LogP) is 19.1. The number of amidine groups is 4. The van der Waals surface area contributed by atoms with Crippen LogP contribution in [0.3, 0.4) is 0 Å². The predicted molar refractivity (Wildman–Crippen MR) is 522 cm³/mol. The second kappa shape index (κ2) is 41.9. The monoisotopic (exact) mass is 1930 g/mol. The van der Waals surface area contributed by atoms with Crippen LogP contribution >= 0.6 is 0 Å². The molecule has 0 saturated carbocycles. The molecule has 5 unspecified atom stereocenters. The molecule has 5 atom stereocenters. The average molecular weight is 1940 g/mol. The number of piperidine rings is 4. The number of hydrogen-bond donors (Lipinski definition) is 0. The summed E-state index contributed by atoms with van der Waals surface area (Å²) in [4.78, 5) is 87.5. The van der Waals surface area contributed by atoms with Crippen molar-refractivity contribution in [3.8, 4) is 45.7 Å². The van der Waals surface area contributed by atoms with Crippen molar-refractivity contribution in [2.75, 3.05) is 74.4 Å². The number of fused-ring (bicyclic) bond motifs is 4. The highest BCUT2D eigenvalue weighted by Gasteiger charge is 2.61. The number of carbonyl (C=O) groups is 3. The minimum atomic E-state index is -1.60. The van der Waals surface area contributed by atoms with Gasteiger partial charge in [0.15, 0.2) is 29.5 Å². The number of nitrogens with zero attached hydrogens (tertiary/aromatic N) is 16. The normalized spacial score (nSPS) is 20.5. The number of aryl methyl sites for hydroxylation is 4. The molecule has 12 heterocycles. The molecule has 142 heavy (non-hydrogen) atoms. The molecule has 4 saturated heterocycles. The number of hydrogen-bond acceptors (Lipinski definition) is 26. The Labute approximate surface area is 817 Å². The van der Waals surface area contributed by atoms with Crippen molar-refractivity contribution in [1.82, 2.24) is 57.8 Å². The lowest BCUT2D eigenvalue weighted by Gasteiger charge is -2.41. The van der Waals surface area contributed by atoms with Crippen LogP contribution in [-0.2, 0) is 70.8 Å². The van der Waals surface area contributed by atoms with E-state index in [0.717, 1.165) is 141 Å². The molecule has 30 nitrogen and oxygen atoms in total. The Morgan fingerprint density at radius 1 is 0.352 bits per heavy atom. The molecule has 8 aliphatic rings. The van der Waals surface area contributed by atoms with Gasteiger partial charge in [0.2, 0.25) is 0 Å². The number of rotatable bonds is 23. The molecule has 12 aromatic rings. The molecule has 4 aromatic heterocycles. The van der Waals surface area contributed by atoms with Gasteiger partial charge >= 0.3 is 35.1 Å². The second-order valence-electron chi connectivity index (χ2n) is 34.6. The van der Waals surface area contributed by atoms with E-state index >= 15 is 4.39 Å². The smallest absolute Gasteiger partial charge is 0.380 e. The van der Waals surface area contributed by atoms with Crippen LogP contribution in [0.15, 0.2) is 263 Å². The van der Waals surface area contributed by atoms with Gasteiger partial charge in [0.05, 0.1) is 119 Å². The first kappa shape index (κ1) is 97.5. The van der Waals surface area contributed by atoms with Crippen molar-refractivity contribution in [2.45, 2.75) is 136 Å². The van der Waals surface area contributed by atoms with Crippen LogP contribution in [0, 0.1) is 51.0 Å². The molecule has 20 rings (SSSR count). The van der Waals surface area contributed by atoms with Crippen LogP contribution in [0.1, 0.15) is 146 Å². The first-order chi connectivity index (χ1) is 68.8. The Balaban J connectivity index is 0.000000130. The number of carbonyl (C=O) groups excluding carboxylic acids is 3. The summed E-state index contributed by atoms with van der Waals surface area (Å²) in [5.41, 5.74) is 10.3. The summed E-state index contributed by atoms with van der Waals surface area (Å²) < 4.78 is 116. The van der Waals surface area contributed by atoms with E-state index < -0.39 is 64.4 Å². The minimum Gasteiger partial charge on any atom is -0.495 e. The zero-order valence-corrected chi connectivity index (χ0v) is 80.5. The van der Waals surface area contributed by atoms with Gasteiger partial charge in [-0.1, -0.05) is 44.9 Å². The number of methoxy groups -OCH3 is 4. The lowest BCUT2D eigenvalue weighted by Crippen LogP contribution is -2.54. The van der Waals surface area contributed by atoms with E-state index in [2.05, 4.69) is 40.6 Å². The third-order valence-electron chi connectivity index (χ3n) is 25.4. The standard InChI is InChI=1S/3C27H27FN4O4.C26H26F2N4O2/c3*1-4-35-26(33)27(21-8-10-22(28)11-9-21)32-13-5-6-20(25(32)30-36-27)14-19-7-12-23(24(15-19)34-3)31-16-18(2)29-17-31;1-17-15-31(16-29-17)23-11-6-19(14-24(23)33-3)13-20-5-4-12-32-25(20)30-34-26(32,18(2)27)21-7-9-22(28)10-8-21/h3*7-12,14-17H,4-6,13H2,1-3H3;6-11,13-16,18H,4-5,12H2,1-3H3/b3*20-14+;20-13+. The van der Waals surface area contributed by atoms with E-state index in [4.69, 9.17) is 52.5 Å². The Morgan fingerprint density at radius 2 is 0.592 bits per heavy atom. The van der Waals surface area contributed by atoms with Crippen LogP contribution in [-0.4, -0.2) is 180 Å². The van der Waals surface area contributed by atoms with E-state index in [-0.39, 0.29) is 25.6 Å². The van der Waals surface area contributed by atoms with Crippen LogP contribution in [0.5, 0.6) is 23.0 Å². The van der Waals surface area contributed by atoms with Gasteiger partial charge in [-0.3, -0.25) is 0 Å². The average Bonchev–Trinajstić information content (AvgIpc) is 1.59. The topological polar surface area (TPSA) is 286 Å². The van der Waals surface area contributed by atoms with E-state index in [9.17, 15) is 31.9 Å². The van der Waals surface area contributed by atoms with Crippen molar-refractivity contribution in [2.24, 2.45) is 20.6 Å². The van der Waals surface area contributed by atoms with Gasteiger partial charge in [-0.15, -0.1) is 0 Å². The molecular formula is C107H107F5N16O14. The third-order valence-corrected chi connectivity index (χ3v) is 25.4. The van der Waals surface area contributed by atoms with E-state index in [0.29, 0.717) is 94.8 Å². The lowest BCUT2D eigenvalue weighted by molar-refractivity contribution is -0.189. The summed E-state index contributed by atoms with van der Waals surface area (Å²) in [5, 5.41) is 17.3. The van der Waals surface area contributed by atoms with Gasteiger partial charge in [0.25, 0.3) is 5.72 Å². The molecule has 734 valence electrons. The quantitative estimate of drug-likeness (QED) is 0.0326. The van der Waals surface area contributed by atoms with Crippen LogP contribution in [0.25, 0.3) is 47.1 Å². The maximum atomic E-state index is 15.1. The first-order valence-electron chi connectivity index (χ1n) is 46.7. The minimum absolute atomic E-state index is 0.180. The molecule has 0 N–H and O–H groups in total. The highest BCUT2D eigenvalue weighted by molar-refractivity contribution is 6.09. The molecule has 0 aliphatic carbocycles. The zero-order chi connectivity index (χ0) is 99.7. The second-order valence-corrected chi connectivity index (χ2v) is 34.6. The molecule has 8 aliphatic heterocycles. The van der Waals surface area contributed by atoms with E-state index in [1.54, 1.807) is 86.7 Å². The van der Waals surface area contributed by atoms with Gasteiger partial charge < -0.3 is 90.4 Å². The first-order valence-corrected chi connectivity index (χ1v) is 46.7. The van der Waals surface area contributed by atoms with Gasteiger partial charge in [0.1, 0.15) is 46.3 Å². The molecule has 0 amide bonds. The number of imidazole rings is 4. The Hall–Kier alpha value is -16.1. The number of ether oxygens (including phenoxy) is 7. The number of oxime groups is 4. The summed E-state index contributed by atoms with van der Waals surface area (Å²) in [7, 11) is 6.53. The summed E-state index contributed by atoms with van der Waals surface area (Å²) in [6, 6.07) is 46.4. The highest BCUT2D eigenvalue weighted by Crippen LogP contribution is 2.49. The summed E-state index contributed by atoms with van der Waals surface area (Å²) in [6.45, 7) is 17.1. The molecule has 0 bridgehead atoms. The largest absolute Gasteiger partial charge is 0.495 e. The SMILES string of the molecule is CCOC(=O)C1(c2ccc(F)cc2)ON=C2/C(=C/c3ccc(-n4cnc(C)c4)c(OC)c3)CCCN21.CCOC(=O)C1(c2ccc(F)cc2)ON=C2/C(=C/c3ccc(-n4cnc(C)c4)c(OC)c3)CCCN21.CCOC(=O)C1(c2ccc(F)cc2)ON=C2/C(=C/c3ccc(-n4cnc(C)c4)c(OC)c3)CCCN21.COc1cc(/C=C2\CCCN3C2=NOC3(c2ccc(F)cc2)C(C)F)ccc1-n1cnc(C)c1. The molecule has 0 spiro atoms. The number of esters is 3. The van der Waals surface area contributed by atoms with Gasteiger partial charge in [-0.25, -0.2) is 56.3 Å². The maximum Gasteiger partial charge on any atom is 0.380 e. The van der Waals surface area contributed by atoms with Crippen molar-refractivity contribution in [3.05, 3.63) is 333 Å². The van der Waals surface area contributed by atoms with Crippen molar-refractivity contribution in [1.29, 1.82) is 0 Å². The fourth-order valence-electron chi connectivity index (χ4n) is 18.7. The van der Waals surface area contributed by atoms with Crippen LogP contribution in [0.2, 0.25) is 0 Å². The van der Waals surface area contributed by atoms with Crippen molar-refractivity contribution >= 4 is 65.6 Å². The molecule has 4 fully saturated rings. The van der Waals surface area contributed by atoms with Crippen LogP contribution in [0.4, 0.5) is 22.0 Å². The Bertz CT molecular complexity index is 6460. The third kappa shape index (κ3) is 19.1. The zero-order valence-electron chi connectivity index (χ0n) is 80.5. The van der Waals surface area contributed by atoms with Crippen molar-refractivity contribution in [3.63, 3.8) is 0 Å². The van der Waals surface area contributed by atoms with E-state index in [1.807, 2.05) is 187 Å². The Kier molecular flexibility index (Phi) is 28.8. The molecule has 8 aromatic carbocycles. The molecular weight excluding hydrogens is 1830 g/mol. The number of halogens is 5. The van der Waals surface area contributed by atoms with Crippen LogP contribution < -0.4 is 18.9 Å². The summed E-state index contributed by atoms with van der Waals surface area (Å²) in [6.07, 6.45) is 27.6. The summed E-state index contributed by atoms with van der Waals surface area (Å²) >= 11 is 0. The lowest BCUT2D eigenvalue weighted by atomic mass is 9.92. The maximum absolute atomic E-state index is 15.1. The highest BCUT2D eigenvalue weighted by atomic mass is 19.1. The molecule has 0 radical (unpaired) electrons.